The smallest absolute Gasteiger partial charge is 0.358 e. The number of aromatic nitrogens is 5. The van der Waals surface area contributed by atoms with Gasteiger partial charge < -0.3 is 5.11 Å². The van der Waals surface area contributed by atoms with Gasteiger partial charge in [0.15, 0.2) is 5.69 Å². The first-order valence-electron chi connectivity index (χ1n) is 4.24. The molecule has 0 spiro atoms. The molecule has 0 unspecified atom stereocenters. The van der Waals surface area contributed by atoms with Gasteiger partial charge in [-0.05, 0) is 13.0 Å². The van der Waals surface area contributed by atoms with Crippen LogP contribution in [0.15, 0.2) is 6.07 Å². The van der Waals surface area contributed by atoms with Crippen LogP contribution in [0.3, 0.4) is 0 Å². The minimum Gasteiger partial charge on any atom is -0.476 e. The molecule has 2 N–H and O–H groups in total. The summed E-state index contributed by atoms with van der Waals surface area (Å²) in [4.78, 5) is 10.8. The molecule has 2 aromatic heterocycles. The normalized spacial score (nSPS) is 10.5. The van der Waals surface area contributed by atoms with Crippen LogP contribution in [0, 0.1) is 6.92 Å². The number of rotatable bonds is 2. The minimum atomic E-state index is -1.12. The topological polar surface area (TPSA) is 96.7 Å². The molecule has 0 aromatic carbocycles. The molecule has 7 nitrogen and oxygen atoms in total. The molecule has 0 fully saturated rings. The molecular formula is C8H9N5O2. The SMILES string of the molecule is Cc1cc(-c2n[nH]nc2C(=O)O)nn1C. The van der Waals surface area contributed by atoms with Crippen LogP contribution in [-0.2, 0) is 7.05 Å². The quantitative estimate of drug-likeness (QED) is 0.733. The van der Waals surface area contributed by atoms with Crippen LogP contribution in [0.4, 0.5) is 0 Å². The monoisotopic (exact) mass is 207 g/mol. The number of hydrogen-bond donors (Lipinski definition) is 2. The van der Waals surface area contributed by atoms with Gasteiger partial charge in [-0.2, -0.15) is 15.4 Å². The lowest BCUT2D eigenvalue weighted by atomic mass is 10.2. The molecule has 0 bridgehead atoms. The van der Waals surface area contributed by atoms with Gasteiger partial charge in [0.05, 0.1) is 0 Å². The van der Waals surface area contributed by atoms with Gasteiger partial charge in [0.25, 0.3) is 0 Å². The zero-order valence-electron chi connectivity index (χ0n) is 8.22. The molecule has 0 aliphatic carbocycles. The summed E-state index contributed by atoms with van der Waals surface area (Å²) in [6.07, 6.45) is 0. The molecule has 2 aromatic rings. The largest absolute Gasteiger partial charge is 0.476 e. The molecule has 0 amide bonds. The summed E-state index contributed by atoms with van der Waals surface area (Å²) in [5, 5.41) is 22.6. The zero-order valence-corrected chi connectivity index (χ0v) is 8.22. The van der Waals surface area contributed by atoms with Gasteiger partial charge in [0.1, 0.15) is 11.4 Å². The highest BCUT2D eigenvalue weighted by Gasteiger charge is 2.19. The average Bonchev–Trinajstić information content (AvgIpc) is 2.73. The number of carboxylic acid groups (broad SMARTS) is 1. The first-order valence-corrected chi connectivity index (χ1v) is 4.24. The van der Waals surface area contributed by atoms with Crippen molar-refractivity contribution in [3.05, 3.63) is 17.5 Å². The molecule has 2 rings (SSSR count). The van der Waals surface area contributed by atoms with E-state index in [1.54, 1.807) is 17.8 Å². The van der Waals surface area contributed by atoms with Gasteiger partial charge in [-0.15, -0.1) is 5.10 Å². The summed E-state index contributed by atoms with van der Waals surface area (Å²) in [6, 6.07) is 1.75. The molecule has 78 valence electrons. The van der Waals surface area contributed by atoms with Gasteiger partial charge in [-0.25, -0.2) is 4.79 Å². The maximum atomic E-state index is 10.8. The van der Waals surface area contributed by atoms with Crippen molar-refractivity contribution in [2.75, 3.05) is 0 Å². The maximum absolute atomic E-state index is 10.8. The Labute approximate surface area is 84.7 Å². The minimum absolute atomic E-state index is 0.117. The zero-order chi connectivity index (χ0) is 11.0. The fourth-order valence-electron chi connectivity index (χ4n) is 1.23. The molecular weight excluding hydrogens is 198 g/mol. The summed E-state index contributed by atoms with van der Waals surface area (Å²) >= 11 is 0. The van der Waals surface area contributed by atoms with Gasteiger partial charge in [0, 0.05) is 12.7 Å². The van der Waals surface area contributed by atoms with Crippen molar-refractivity contribution in [3.63, 3.8) is 0 Å². The fourth-order valence-corrected chi connectivity index (χ4v) is 1.23. The Morgan fingerprint density at radius 1 is 1.53 bits per heavy atom. The molecule has 0 saturated heterocycles. The number of aromatic amines is 1. The molecule has 0 radical (unpaired) electrons. The third kappa shape index (κ3) is 1.47. The van der Waals surface area contributed by atoms with Crippen LogP contribution in [-0.4, -0.2) is 36.3 Å². The van der Waals surface area contributed by atoms with Crippen molar-refractivity contribution in [2.45, 2.75) is 6.92 Å². The number of H-pyrrole nitrogens is 1. The summed E-state index contributed by atoms with van der Waals surface area (Å²) in [5.41, 5.74) is 1.56. The highest BCUT2D eigenvalue weighted by Crippen LogP contribution is 2.18. The summed E-state index contributed by atoms with van der Waals surface area (Å²) in [7, 11) is 1.78. The number of carboxylic acids is 1. The average molecular weight is 207 g/mol. The third-order valence-corrected chi connectivity index (χ3v) is 2.11. The Kier molecular flexibility index (Phi) is 2.00. The Hall–Kier alpha value is -2.18. The van der Waals surface area contributed by atoms with Gasteiger partial charge in [-0.1, -0.05) is 0 Å². The Morgan fingerprint density at radius 3 is 2.80 bits per heavy atom. The van der Waals surface area contributed by atoms with Crippen LogP contribution in [0.1, 0.15) is 16.2 Å². The van der Waals surface area contributed by atoms with E-state index in [1.807, 2.05) is 6.92 Å². The van der Waals surface area contributed by atoms with Gasteiger partial charge in [-0.3, -0.25) is 4.68 Å². The van der Waals surface area contributed by atoms with Crippen molar-refractivity contribution in [1.29, 1.82) is 0 Å². The molecule has 7 heteroatoms. The Balaban J connectivity index is 2.54. The molecule has 0 aliphatic heterocycles. The van der Waals surface area contributed by atoms with E-state index >= 15 is 0 Å². The predicted octanol–water partition coefficient (Wildman–Crippen LogP) is 0.212. The van der Waals surface area contributed by atoms with E-state index in [9.17, 15) is 4.79 Å². The highest BCUT2D eigenvalue weighted by molar-refractivity contribution is 5.91. The molecule has 15 heavy (non-hydrogen) atoms. The van der Waals surface area contributed by atoms with Crippen molar-refractivity contribution in [2.24, 2.45) is 7.05 Å². The number of nitrogens with zero attached hydrogens (tertiary/aromatic N) is 4. The molecule has 0 atom stereocenters. The maximum Gasteiger partial charge on any atom is 0.358 e. The van der Waals surface area contributed by atoms with Crippen molar-refractivity contribution in [3.8, 4) is 11.4 Å². The standard InChI is InChI=1S/C8H9N5O2/c1-4-3-5(11-13(4)2)6-7(8(14)15)10-12-9-6/h3H,1-2H3,(H,14,15)(H,9,10,12). The lowest BCUT2D eigenvalue weighted by Crippen LogP contribution is -2.00. The number of nitrogens with one attached hydrogen (secondary N) is 1. The van der Waals surface area contributed by atoms with Crippen molar-refractivity contribution < 1.29 is 9.90 Å². The molecule has 0 saturated carbocycles. The number of carbonyl (C=O) groups is 1. The molecule has 0 aliphatic rings. The van der Waals surface area contributed by atoms with Crippen LogP contribution in [0.5, 0.6) is 0 Å². The lowest BCUT2D eigenvalue weighted by Gasteiger charge is -1.90. The summed E-state index contributed by atoms with van der Waals surface area (Å²) < 4.78 is 1.65. The van der Waals surface area contributed by atoms with Gasteiger partial charge in [0.2, 0.25) is 0 Å². The second-order valence-corrected chi connectivity index (χ2v) is 3.12. The second kappa shape index (κ2) is 3.19. The lowest BCUT2D eigenvalue weighted by molar-refractivity contribution is 0.0691. The van der Waals surface area contributed by atoms with Crippen LogP contribution in [0.25, 0.3) is 11.4 Å². The van der Waals surface area contributed by atoms with E-state index < -0.39 is 5.97 Å². The number of hydrogen-bond acceptors (Lipinski definition) is 4. The first-order chi connectivity index (χ1) is 7.09. The highest BCUT2D eigenvalue weighted by atomic mass is 16.4. The van der Waals surface area contributed by atoms with E-state index in [-0.39, 0.29) is 11.4 Å². The van der Waals surface area contributed by atoms with E-state index in [2.05, 4.69) is 20.5 Å². The predicted molar refractivity (Wildman–Crippen MR) is 50.3 cm³/mol. The number of aromatic carboxylic acids is 1. The van der Waals surface area contributed by atoms with E-state index in [1.165, 1.54) is 0 Å². The Morgan fingerprint density at radius 2 is 2.27 bits per heavy atom. The second-order valence-electron chi connectivity index (χ2n) is 3.12. The Bertz CT molecular complexity index is 493. The summed E-state index contributed by atoms with van der Waals surface area (Å²) in [6.45, 7) is 1.87. The van der Waals surface area contributed by atoms with Crippen LogP contribution < -0.4 is 0 Å². The third-order valence-electron chi connectivity index (χ3n) is 2.11. The number of aryl methyl sites for hydroxylation is 2. The first kappa shape index (κ1) is 9.38. The van der Waals surface area contributed by atoms with E-state index in [0.29, 0.717) is 5.69 Å². The van der Waals surface area contributed by atoms with Crippen molar-refractivity contribution >= 4 is 5.97 Å². The van der Waals surface area contributed by atoms with Crippen molar-refractivity contribution in [1.82, 2.24) is 25.2 Å². The summed E-state index contributed by atoms with van der Waals surface area (Å²) in [5.74, 6) is -1.12. The van der Waals surface area contributed by atoms with E-state index in [4.69, 9.17) is 5.11 Å². The van der Waals surface area contributed by atoms with Crippen LogP contribution >= 0.6 is 0 Å². The molecule has 2 heterocycles. The fraction of sp³-hybridized carbons (Fsp3) is 0.250. The van der Waals surface area contributed by atoms with Crippen LogP contribution in [0.2, 0.25) is 0 Å². The van der Waals surface area contributed by atoms with E-state index in [0.717, 1.165) is 5.69 Å². The van der Waals surface area contributed by atoms with Gasteiger partial charge >= 0.3 is 5.97 Å².